The fraction of sp³-hybridized carbons (Fsp3) is 0.259. The van der Waals surface area contributed by atoms with Gasteiger partial charge in [0.1, 0.15) is 12.4 Å². The third kappa shape index (κ3) is 4.73. The quantitative estimate of drug-likeness (QED) is 0.418. The van der Waals surface area contributed by atoms with E-state index in [0.29, 0.717) is 25.2 Å². The molecule has 0 atom stereocenters. The Bertz CT molecular complexity index is 1310. The van der Waals surface area contributed by atoms with Crippen molar-refractivity contribution in [2.75, 3.05) is 20.2 Å². The summed E-state index contributed by atoms with van der Waals surface area (Å²) in [6, 6.07) is 22.1. The molecule has 0 spiro atoms. The van der Waals surface area contributed by atoms with Crippen molar-refractivity contribution in [2.45, 2.75) is 27.4 Å². The molecular formula is C27H29N3O2. The van der Waals surface area contributed by atoms with Crippen LogP contribution >= 0.6 is 0 Å². The van der Waals surface area contributed by atoms with Gasteiger partial charge in [-0.15, -0.1) is 0 Å². The fourth-order valence-electron chi connectivity index (χ4n) is 3.84. The first-order valence-corrected chi connectivity index (χ1v) is 10.9. The third-order valence-corrected chi connectivity index (χ3v) is 5.62. The Balaban J connectivity index is 1.60. The Morgan fingerprint density at radius 3 is 2.44 bits per heavy atom. The monoisotopic (exact) mass is 427 g/mol. The van der Waals surface area contributed by atoms with Gasteiger partial charge in [0.2, 0.25) is 0 Å². The lowest BCUT2D eigenvalue weighted by Crippen LogP contribution is -2.34. The highest BCUT2D eigenvalue weighted by molar-refractivity contribution is 5.94. The van der Waals surface area contributed by atoms with E-state index in [1.165, 1.54) is 11.1 Å². The molecule has 0 saturated heterocycles. The summed E-state index contributed by atoms with van der Waals surface area (Å²) < 4.78 is 7.43. The van der Waals surface area contributed by atoms with Crippen molar-refractivity contribution in [3.05, 3.63) is 93.8 Å². The van der Waals surface area contributed by atoms with Gasteiger partial charge in [0.25, 0.3) is 5.56 Å². The molecule has 32 heavy (non-hydrogen) atoms. The first-order chi connectivity index (χ1) is 15.4. The smallest absolute Gasteiger partial charge is 0.275 e. The van der Waals surface area contributed by atoms with Crippen molar-refractivity contribution >= 4 is 10.8 Å². The Hall–Kier alpha value is -3.44. The van der Waals surface area contributed by atoms with E-state index >= 15 is 0 Å². The number of fused-ring (bicyclic) bond motifs is 1. The SMILES string of the molecule is Cc1cccc(OCCN(C)Cn2nc(-c3cc(C)ccc3C)c3ccccc3c2=O)c1. The number of nitrogens with zero attached hydrogens (tertiary/aromatic N) is 3. The van der Waals surface area contributed by atoms with E-state index in [2.05, 4.69) is 32.0 Å². The molecule has 164 valence electrons. The zero-order chi connectivity index (χ0) is 22.7. The maximum atomic E-state index is 13.2. The molecule has 1 heterocycles. The predicted molar refractivity (Wildman–Crippen MR) is 130 cm³/mol. The molecule has 0 amide bonds. The Kier molecular flexibility index (Phi) is 6.37. The average Bonchev–Trinajstić information content (AvgIpc) is 2.78. The second-order valence-corrected chi connectivity index (χ2v) is 8.40. The minimum atomic E-state index is -0.0823. The van der Waals surface area contributed by atoms with E-state index in [0.717, 1.165) is 28.0 Å². The van der Waals surface area contributed by atoms with Gasteiger partial charge in [0.05, 0.1) is 17.7 Å². The second-order valence-electron chi connectivity index (χ2n) is 8.40. The molecule has 5 nitrogen and oxygen atoms in total. The molecular weight excluding hydrogens is 398 g/mol. The van der Waals surface area contributed by atoms with Crippen LogP contribution in [0.4, 0.5) is 0 Å². The lowest BCUT2D eigenvalue weighted by Gasteiger charge is -2.19. The lowest BCUT2D eigenvalue weighted by atomic mass is 9.99. The van der Waals surface area contributed by atoms with E-state index in [1.807, 2.05) is 67.4 Å². The second kappa shape index (κ2) is 9.37. The summed E-state index contributed by atoms with van der Waals surface area (Å²) in [5, 5.41) is 6.38. The van der Waals surface area contributed by atoms with Gasteiger partial charge in [0, 0.05) is 17.5 Å². The van der Waals surface area contributed by atoms with Crippen LogP contribution in [0.3, 0.4) is 0 Å². The highest BCUT2D eigenvalue weighted by Crippen LogP contribution is 2.28. The summed E-state index contributed by atoms with van der Waals surface area (Å²) in [5.41, 5.74) is 5.28. The molecule has 0 N–H and O–H groups in total. The van der Waals surface area contributed by atoms with E-state index in [-0.39, 0.29) is 5.56 Å². The third-order valence-electron chi connectivity index (χ3n) is 5.62. The van der Waals surface area contributed by atoms with Crippen molar-refractivity contribution < 1.29 is 4.74 Å². The largest absolute Gasteiger partial charge is 0.492 e. The molecule has 0 aliphatic heterocycles. The molecule has 4 aromatic rings. The van der Waals surface area contributed by atoms with Crippen LogP contribution in [0.15, 0.2) is 71.5 Å². The van der Waals surface area contributed by atoms with E-state index in [9.17, 15) is 4.79 Å². The summed E-state index contributed by atoms with van der Waals surface area (Å²) >= 11 is 0. The Labute approximate surface area is 188 Å². The van der Waals surface area contributed by atoms with Crippen LogP contribution < -0.4 is 10.3 Å². The van der Waals surface area contributed by atoms with E-state index < -0.39 is 0 Å². The number of aromatic nitrogens is 2. The molecule has 3 aromatic carbocycles. The summed E-state index contributed by atoms with van der Waals surface area (Å²) in [5.74, 6) is 0.858. The first kappa shape index (κ1) is 21.8. The molecule has 0 saturated carbocycles. The molecule has 0 radical (unpaired) electrons. The molecule has 5 heteroatoms. The van der Waals surface area contributed by atoms with Crippen molar-refractivity contribution in [3.63, 3.8) is 0 Å². The number of benzene rings is 3. The van der Waals surface area contributed by atoms with Crippen LogP contribution in [0.25, 0.3) is 22.0 Å². The molecule has 0 fully saturated rings. The van der Waals surface area contributed by atoms with E-state index in [1.54, 1.807) is 4.68 Å². The molecule has 4 rings (SSSR count). The maximum Gasteiger partial charge on any atom is 0.275 e. The number of ether oxygens (including phenoxy) is 1. The van der Waals surface area contributed by atoms with Crippen LogP contribution in [-0.2, 0) is 6.67 Å². The van der Waals surface area contributed by atoms with Gasteiger partial charge in [-0.1, -0.05) is 48.0 Å². The fourth-order valence-corrected chi connectivity index (χ4v) is 3.84. The predicted octanol–water partition coefficient (Wildman–Crippen LogP) is 4.96. The molecule has 1 aromatic heterocycles. The summed E-state index contributed by atoms with van der Waals surface area (Å²) in [6.45, 7) is 7.79. The van der Waals surface area contributed by atoms with Crippen LogP contribution in [0, 0.1) is 20.8 Å². The number of likely N-dealkylation sites (N-methyl/N-ethyl adjacent to an activating group) is 1. The van der Waals surface area contributed by atoms with Gasteiger partial charge in [0.15, 0.2) is 0 Å². The van der Waals surface area contributed by atoms with Gasteiger partial charge in [-0.3, -0.25) is 9.69 Å². The number of aryl methyl sites for hydroxylation is 3. The average molecular weight is 428 g/mol. The van der Waals surface area contributed by atoms with Crippen molar-refractivity contribution in [2.24, 2.45) is 0 Å². The Morgan fingerprint density at radius 2 is 1.66 bits per heavy atom. The maximum absolute atomic E-state index is 13.2. The minimum Gasteiger partial charge on any atom is -0.492 e. The molecule has 0 aliphatic carbocycles. The van der Waals surface area contributed by atoms with Crippen LogP contribution in [0.2, 0.25) is 0 Å². The number of rotatable bonds is 7. The topological polar surface area (TPSA) is 47.4 Å². The molecule has 0 aliphatic rings. The van der Waals surface area contributed by atoms with Gasteiger partial charge < -0.3 is 4.74 Å². The van der Waals surface area contributed by atoms with Gasteiger partial charge in [-0.2, -0.15) is 5.10 Å². The summed E-state index contributed by atoms with van der Waals surface area (Å²) in [6.07, 6.45) is 0. The van der Waals surface area contributed by atoms with Crippen LogP contribution in [0.1, 0.15) is 16.7 Å². The van der Waals surface area contributed by atoms with Gasteiger partial charge >= 0.3 is 0 Å². The van der Waals surface area contributed by atoms with E-state index in [4.69, 9.17) is 9.84 Å². The van der Waals surface area contributed by atoms with Crippen LogP contribution in [-0.4, -0.2) is 34.9 Å². The number of hydrogen-bond acceptors (Lipinski definition) is 4. The zero-order valence-electron chi connectivity index (χ0n) is 19.1. The van der Waals surface area contributed by atoms with Crippen molar-refractivity contribution in [1.82, 2.24) is 14.7 Å². The van der Waals surface area contributed by atoms with Crippen molar-refractivity contribution in [3.8, 4) is 17.0 Å². The number of hydrogen-bond donors (Lipinski definition) is 0. The highest BCUT2D eigenvalue weighted by Gasteiger charge is 2.15. The summed E-state index contributed by atoms with van der Waals surface area (Å²) in [7, 11) is 1.97. The Morgan fingerprint density at radius 1 is 0.906 bits per heavy atom. The zero-order valence-corrected chi connectivity index (χ0v) is 19.1. The standard InChI is InChI=1S/C27H29N3O2/c1-19-8-7-9-22(16-19)32-15-14-29(4)18-30-27(31)24-11-6-5-10-23(24)26(28-30)25-17-20(2)12-13-21(25)3/h5-13,16-17H,14-15,18H2,1-4H3. The first-order valence-electron chi connectivity index (χ1n) is 10.9. The summed E-state index contributed by atoms with van der Waals surface area (Å²) in [4.78, 5) is 15.2. The molecule has 0 unspecified atom stereocenters. The normalized spacial score (nSPS) is 11.3. The minimum absolute atomic E-state index is 0.0823. The molecule has 0 bridgehead atoms. The lowest BCUT2D eigenvalue weighted by molar-refractivity contribution is 0.196. The van der Waals surface area contributed by atoms with Crippen LogP contribution in [0.5, 0.6) is 5.75 Å². The van der Waals surface area contributed by atoms with Crippen molar-refractivity contribution in [1.29, 1.82) is 0 Å². The van der Waals surface area contributed by atoms with Gasteiger partial charge in [-0.05, 0) is 63.2 Å². The highest BCUT2D eigenvalue weighted by atomic mass is 16.5. The van der Waals surface area contributed by atoms with Gasteiger partial charge in [-0.25, -0.2) is 4.68 Å².